The van der Waals surface area contributed by atoms with Crippen LogP contribution in [0.4, 0.5) is 0 Å². The van der Waals surface area contributed by atoms with Crippen LogP contribution in [-0.2, 0) is 18.4 Å². The summed E-state index contributed by atoms with van der Waals surface area (Å²) in [5.74, 6) is 1.94. The Balaban J connectivity index is 1.88. The Bertz CT molecular complexity index is 490. The van der Waals surface area contributed by atoms with Gasteiger partial charge in [0.1, 0.15) is 11.6 Å². The van der Waals surface area contributed by atoms with Gasteiger partial charge in [-0.15, -0.1) is 10.2 Å². The first-order chi connectivity index (χ1) is 9.86. The standard InChI is InChI=1S/C14H26N6O/c1-10-6-20(7-11(2)15-10)14(21)9-18(4)8-13-17-16-12(3)19(13)5/h10-11,15H,6-9H2,1-5H3/t10-,11+. The average molecular weight is 294 g/mol. The molecule has 0 spiro atoms. The molecule has 0 aromatic carbocycles. The topological polar surface area (TPSA) is 66.3 Å². The van der Waals surface area contributed by atoms with E-state index in [1.807, 2.05) is 35.4 Å². The number of carbonyl (C=O) groups is 1. The number of aromatic nitrogens is 3. The molecule has 0 saturated carbocycles. The molecular formula is C14H26N6O. The number of likely N-dealkylation sites (N-methyl/N-ethyl adjacent to an activating group) is 1. The summed E-state index contributed by atoms with van der Waals surface area (Å²) in [6.07, 6.45) is 0. The van der Waals surface area contributed by atoms with Crippen molar-refractivity contribution in [3.63, 3.8) is 0 Å². The summed E-state index contributed by atoms with van der Waals surface area (Å²) in [6.45, 7) is 8.74. The van der Waals surface area contributed by atoms with Gasteiger partial charge in [0.2, 0.25) is 5.91 Å². The molecule has 2 rings (SSSR count). The van der Waals surface area contributed by atoms with Gasteiger partial charge in [-0.3, -0.25) is 9.69 Å². The minimum Gasteiger partial charge on any atom is -0.338 e. The van der Waals surface area contributed by atoms with E-state index >= 15 is 0 Å². The molecule has 7 nitrogen and oxygen atoms in total. The van der Waals surface area contributed by atoms with E-state index in [0.29, 0.717) is 25.2 Å². The van der Waals surface area contributed by atoms with Gasteiger partial charge in [-0.25, -0.2) is 0 Å². The lowest BCUT2D eigenvalue weighted by Crippen LogP contribution is -2.57. The Kier molecular flexibility index (Phi) is 4.95. The highest BCUT2D eigenvalue weighted by atomic mass is 16.2. The van der Waals surface area contributed by atoms with Crippen molar-refractivity contribution in [2.24, 2.45) is 7.05 Å². The normalized spacial score (nSPS) is 22.9. The molecule has 0 unspecified atom stereocenters. The Labute approximate surface area is 126 Å². The quantitative estimate of drug-likeness (QED) is 0.830. The molecule has 1 aliphatic rings. The first-order valence-corrected chi connectivity index (χ1v) is 7.44. The fourth-order valence-electron chi connectivity index (χ4n) is 2.75. The highest BCUT2D eigenvalue weighted by Crippen LogP contribution is 2.06. The smallest absolute Gasteiger partial charge is 0.236 e. The van der Waals surface area contributed by atoms with Gasteiger partial charge in [-0.05, 0) is 27.8 Å². The van der Waals surface area contributed by atoms with Crippen molar-refractivity contribution in [1.29, 1.82) is 0 Å². The van der Waals surface area contributed by atoms with Crippen molar-refractivity contribution in [1.82, 2.24) is 29.9 Å². The van der Waals surface area contributed by atoms with Crippen LogP contribution in [0.3, 0.4) is 0 Å². The van der Waals surface area contributed by atoms with Gasteiger partial charge in [0, 0.05) is 32.2 Å². The summed E-state index contributed by atoms with van der Waals surface area (Å²) < 4.78 is 1.95. The first-order valence-electron chi connectivity index (χ1n) is 7.44. The summed E-state index contributed by atoms with van der Waals surface area (Å²) in [5, 5.41) is 11.6. The van der Waals surface area contributed by atoms with Crippen LogP contribution in [0, 0.1) is 6.92 Å². The van der Waals surface area contributed by atoms with E-state index in [1.54, 1.807) is 0 Å². The predicted octanol–water partition coefficient (Wildman–Crippen LogP) is -0.236. The van der Waals surface area contributed by atoms with Gasteiger partial charge in [0.25, 0.3) is 0 Å². The zero-order chi connectivity index (χ0) is 15.6. The van der Waals surface area contributed by atoms with E-state index in [2.05, 4.69) is 29.4 Å². The van der Waals surface area contributed by atoms with Crippen LogP contribution in [-0.4, -0.2) is 69.2 Å². The van der Waals surface area contributed by atoms with Gasteiger partial charge in [0.15, 0.2) is 0 Å². The van der Waals surface area contributed by atoms with Gasteiger partial charge >= 0.3 is 0 Å². The Morgan fingerprint density at radius 3 is 2.48 bits per heavy atom. The molecule has 7 heteroatoms. The highest BCUT2D eigenvalue weighted by molar-refractivity contribution is 5.78. The third-order valence-electron chi connectivity index (χ3n) is 3.91. The van der Waals surface area contributed by atoms with Crippen LogP contribution >= 0.6 is 0 Å². The van der Waals surface area contributed by atoms with Gasteiger partial charge < -0.3 is 14.8 Å². The summed E-state index contributed by atoms with van der Waals surface area (Å²) in [6, 6.07) is 0.703. The zero-order valence-corrected chi connectivity index (χ0v) is 13.6. The number of hydrogen-bond donors (Lipinski definition) is 1. The number of aryl methyl sites for hydroxylation is 1. The summed E-state index contributed by atoms with van der Waals surface area (Å²) >= 11 is 0. The molecule has 2 atom stereocenters. The Morgan fingerprint density at radius 1 is 1.33 bits per heavy atom. The number of nitrogens with zero attached hydrogens (tertiary/aromatic N) is 5. The summed E-state index contributed by atoms with van der Waals surface area (Å²) in [7, 11) is 3.89. The lowest BCUT2D eigenvalue weighted by atomic mass is 10.1. The molecule has 1 aromatic rings. The molecule has 118 valence electrons. The summed E-state index contributed by atoms with van der Waals surface area (Å²) in [4.78, 5) is 16.3. The van der Waals surface area contributed by atoms with E-state index in [4.69, 9.17) is 0 Å². The van der Waals surface area contributed by atoms with Crippen molar-refractivity contribution in [3.05, 3.63) is 11.6 Å². The second-order valence-corrected chi connectivity index (χ2v) is 6.16. The van der Waals surface area contributed by atoms with Crippen LogP contribution in [0.15, 0.2) is 0 Å². The molecule has 21 heavy (non-hydrogen) atoms. The van der Waals surface area contributed by atoms with Crippen molar-refractivity contribution >= 4 is 5.91 Å². The molecule has 1 aliphatic heterocycles. The van der Waals surface area contributed by atoms with Gasteiger partial charge in [-0.1, -0.05) is 0 Å². The number of nitrogens with one attached hydrogen (secondary N) is 1. The van der Waals surface area contributed by atoms with E-state index in [-0.39, 0.29) is 5.91 Å². The molecule has 1 amide bonds. The van der Waals surface area contributed by atoms with Crippen molar-refractivity contribution in [2.45, 2.75) is 39.4 Å². The molecule has 1 saturated heterocycles. The third kappa shape index (κ3) is 4.01. The van der Waals surface area contributed by atoms with E-state index < -0.39 is 0 Å². The molecule has 1 aromatic heterocycles. The number of rotatable bonds is 4. The van der Waals surface area contributed by atoms with Crippen molar-refractivity contribution < 1.29 is 4.79 Å². The van der Waals surface area contributed by atoms with Crippen LogP contribution in [0.5, 0.6) is 0 Å². The summed E-state index contributed by atoms with van der Waals surface area (Å²) in [5.41, 5.74) is 0. The number of carbonyl (C=O) groups excluding carboxylic acids is 1. The van der Waals surface area contributed by atoms with E-state index in [9.17, 15) is 4.79 Å². The van der Waals surface area contributed by atoms with E-state index in [1.165, 1.54) is 0 Å². The fraction of sp³-hybridized carbons (Fsp3) is 0.786. The van der Waals surface area contributed by atoms with Crippen LogP contribution in [0.2, 0.25) is 0 Å². The molecule has 1 fully saturated rings. The lowest BCUT2D eigenvalue weighted by molar-refractivity contribution is -0.134. The predicted molar refractivity (Wildman–Crippen MR) is 80.7 cm³/mol. The fourth-order valence-corrected chi connectivity index (χ4v) is 2.75. The third-order valence-corrected chi connectivity index (χ3v) is 3.91. The minimum atomic E-state index is 0.177. The first kappa shape index (κ1) is 15.9. The minimum absolute atomic E-state index is 0.177. The zero-order valence-electron chi connectivity index (χ0n) is 13.6. The lowest BCUT2D eigenvalue weighted by Gasteiger charge is -2.36. The van der Waals surface area contributed by atoms with Gasteiger partial charge in [-0.2, -0.15) is 0 Å². The maximum absolute atomic E-state index is 12.4. The maximum atomic E-state index is 12.4. The SMILES string of the molecule is Cc1nnc(CN(C)CC(=O)N2C[C@@H](C)N[C@@H](C)C2)n1C. The molecular weight excluding hydrogens is 268 g/mol. The van der Waals surface area contributed by atoms with Crippen molar-refractivity contribution in [3.8, 4) is 0 Å². The largest absolute Gasteiger partial charge is 0.338 e. The molecule has 2 heterocycles. The van der Waals surface area contributed by atoms with Crippen LogP contribution in [0.25, 0.3) is 0 Å². The number of hydrogen-bond acceptors (Lipinski definition) is 5. The maximum Gasteiger partial charge on any atom is 0.236 e. The Hall–Kier alpha value is -1.47. The number of amides is 1. The Morgan fingerprint density at radius 2 is 1.95 bits per heavy atom. The molecule has 0 radical (unpaired) electrons. The van der Waals surface area contributed by atoms with Crippen LogP contribution in [0.1, 0.15) is 25.5 Å². The number of piperazine rings is 1. The average Bonchev–Trinajstić information content (AvgIpc) is 2.69. The second-order valence-electron chi connectivity index (χ2n) is 6.16. The monoisotopic (exact) mass is 294 g/mol. The highest BCUT2D eigenvalue weighted by Gasteiger charge is 2.25. The molecule has 0 bridgehead atoms. The molecule has 0 aliphatic carbocycles. The van der Waals surface area contributed by atoms with Crippen molar-refractivity contribution in [2.75, 3.05) is 26.7 Å². The molecule has 1 N–H and O–H groups in total. The van der Waals surface area contributed by atoms with Crippen LogP contribution < -0.4 is 5.32 Å². The van der Waals surface area contributed by atoms with Gasteiger partial charge in [0.05, 0.1) is 13.1 Å². The second kappa shape index (κ2) is 6.53. The van der Waals surface area contributed by atoms with E-state index in [0.717, 1.165) is 24.7 Å².